The van der Waals surface area contributed by atoms with Crippen molar-refractivity contribution in [3.63, 3.8) is 0 Å². The molecular weight excluding hydrogens is 362 g/mol. The highest BCUT2D eigenvalue weighted by atomic mass is 16.6. The van der Waals surface area contributed by atoms with Crippen LogP contribution >= 0.6 is 0 Å². The number of aromatic amines is 1. The maximum Gasteiger partial charge on any atom is 0.408 e. The van der Waals surface area contributed by atoms with Gasteiger partial charge in [-0.3, -0.25) is 9.59 Å². The number of hydrogen-bond acceptors (Lipinski definition) is 5. The van der Waals surface area contributed by atoms with E-state index >= 15 is 0 Å². The Labute approximate surface area is 163 Å². The molecule has 1 aliphatic rings. The minimum atomic E-state index is -0.656. The van der Waals surface area contributed by atoms with Gasteiger partial charge in [-0.25, -0.2) is 4.79 Å². The van der Waals surface area contributed by atoms with E-state index in [1.807, 2.05) is 25.1 Å². The van der Waals surface area contributed by atoms with Gasteiger partial charge in [0, 0.05) is 10.9 Å². The Hall–Kier alpha value is -3.03. The molecule has 2 amide bonds. The number of fused-ring (bicyclic) bond motifs is 1. The number of benzene rings is 1. The summed E-state index contributed by atoms with van der Waals surface area (Å²) in [6.07, 6.45) is -0.665. The Morgan fingerprint density at radius 1 is 1.18 bits per heavy atom. The van der Waals surface area contributed by atoms with Crippen molar-refractivity contribution in [2.24, 2.45) is 0 Å². The zero-order chi connectivity index (χ0) is 20.5. The minimum Gasteiger partial charge on any atom is -0.463 e. The number of cyclic esters (lactones) is 1. The summed E-state index contributed by atoms with van der Waals surface area (Å²) >= 11 is 0. The molecule has 0 unspecified atom stereocenters. The van der Waals surface area contributed by atoms with Gasteiger partial charge < -0.3 is 25.1 Å². The topological polar surface area (TPSA) is 110 Å². The summed E-state index contributed by atoms with van der Waals surface area (Å²) < 4.78 is 10.3. The van der Waals surface area contributed by atoms with Gasteiger partial charge in [0.1, 0.15) is 17.9 Å². The highest BCUT2D eigenvalue weighted by molar-refractivity contribution is 5.98. The van der Waals surface area contributed by atoms with Gasteiger partial charge in [-0.1, -0.05) is 11.6 Å². The SMILES string of the molecule is Cc1ccc2[nH]c(C(=O)N[C@@H]3CC(=O)OC[C@@H]3NC(=O)OC(C)(C)C)cc2c1. The van der Waals surface area contributed by atoms with Crippen molar-refractivity contribution >= 4 is 28.9 Å². The van der Waals surface area contributed by atoms with Crippen molar-refractivity contribution in [2.45, 2.75) is 51.8 Å². The molecule has 0 aliphatic carbocycles. The van der Waals surface area contributed by atoms with Crippen LogP contribution in [-0.2, 0) is 14.3 Å². The van der Waals surface area contributed by atoms with Crippen molar-refractivity contribution in [3.8, 4) is 0 Å². The summed E-state index contributed by atoms with van der Waals surface area (Å²) in [6.45, 7) is 7.21. The molecule has 150 valence electrons. The van der Waals surface area contributed by atoms with Crippen molar-refractivity contribution in [1.82, 2.24) is 15.6 Å². The predicted octanol–water partition coefficient (Wildman–Crippen LogP) is 2.41. The summed E-state index contributed by atoms with van der Waals surface area (Å²) in [5.74, 6) is -0.788. The molecule has 1 aliphatic heterocycles. The number of amides is 2. The number of nitrogens with one attached hydrogen (secondary N) is 3. The maximum atomic E-state index is 12.7. The van der Waals surface area contributed by atoms with Gasteiger partial charge >= 0.3 is 12.1 Å². The van der Waals surface area contributed by atoms with Crippen LogP contribution in [0.4, 0.5) is 4.79 Å². The molecule has 0 spiro atoms. The first kappa shape index (κ1) is 19.7. The third kappa shape index (κ3) is 4.82. The molecule has 2 heterocycles. The van der Waals surface area contributed by atoms with E-state index in [1.165, 1.54) is 0 Å². The van der Waals surface area contributed by atoms with Gasteiger partial charge in [0.15, 0.2) is 0 Å². The van der Waals surface area contributed by atoms with E-state index in [9.17, 15) is 14.4 Å². The fourth-order valence-electron chi connectivity index (χ4n) is 3.05. The lowest BCUT2D eigenvalue weighted by Gasteiger charge is -2.32. The maximum absolute atomic E-state index is 12.7. The molecule has 3 N–H and O–H groups in total. The third-order valence-electron chi connectivity index (χ3n) is 4.34. The van der Waals surface area contributed by atoms with Crippen molar-refractivity contribution in [1.29, 1.82) is 0 Å². The lowest BCUT2D eigenvalue weighted by Crippen LogP contribution is -2.58. The molecule has 0 bridgehead atoms. The van der Waals surface area contributed by atoms with Crippen LogP contribution in [0.3, 0.4) is 0 Å². The van der Waals surface area contributed by atoms with E-state index < -0.39 is 29.7 Å². The predicted molar refractivity (Wildman–Crippen MR) is 103 cm³/mol. The van der Waals surface area contributed by atoms with Gasteiger partial charge in [0.25, 0.3) is 5.91 Å². The standard InChI is InChI=1S/C20H25N3O5/c1-11-5-6-13-12(7-11)8-15(21-13)18(25)22-14-9-17(24)27-10-16(14)23-19(26)28-20(2,3)4/h5-8,14,16,21H,9-10H2,1-4H3,(H,22,25)(H,23,26)/t14-,16+/m1/s1. The second kappa shape index (κ2) is 7.53. The molecule has 0 saturated carbocycles. The Morgan fingerprint density at radius 2 is 1.93 bits per heavy atom. The zero-order valence-corrected chi connectivity index (χ0v) is 16.4. The molecule has 1 aromatic heterocycles. The zero-order valence-electron chi connectivity index (χ0n) is 16.4. The number of aromatic nitrogens is 1. The monoisotopic (exact) mass is 387 g/mol. The smallest absolute Gasteiger partial charge is 0.408 e. The molecule has 28 heavy (non-hydrogen) atoms. The first-order chi connectivity index (χ1) is 13.1. The van der Waals surface area contributed by atoms with E-state index in [1.54, 1.807) is 26.8 Å². The Balaban J connectivity index is 1.71. The molecule has 1 saturated heterocycles. The van der Waals surface area contributed by atoms with Crippen molar-refractivity contribution in [2.75, 3.05) is 6.61 Å². The van der Waals surface area contributed by atoms with Gasteiger partial charge in [0.2, 0.25) is 0 Å². The minimum absolute atomic E-state index is 0.0328. The normalized spacial score (nSPS) is 19.8. The summed E-state index contributed by atoms with van der Waals surface area (Å²) in [6, 6.07) is 6.42. The first-order valence-electron chi connectivity index (χ1n) is 9.16. The van der Waals surface area contributed by atoms with Crippen LogP contribution in [0.25, 0.3) is 10.9 Å². The second-order valence-electron chi connectivity index (χ2n) is 7.99. The van der Waals surface area contributed by atoms with Crippen molar-refractivity contribution in [3.05, 3.63) is 35.5 Å². The molecule has 2 aromatic rings. The molecule has 1 fully saturated rings. The fourth-order valence-corrected chi connectivity index (χ4v) is 3.05. The quantitative estimate of drug-likeness (QED) is 0.701. The van der Waals surface area contributed by atoms with Crippen molar-refractivity contribution < 1.29 is 23.9 Å². The van der Waals surface area contributed by atoms with Crippen LogP contribution in [0.1, 0.15) is 43.2 Å². The van der Waals surface area contributed by atoms with Crippen LogP contribution in [0, 0.1) is 6.92 Å². The number of alkyl carbamates (subject to hydrolysis) is 1. The number of H-pyrrole nitrogens is 1. The molecule has 1 aromatic carbocycles. The highest BCUT2D eigenvalue weighted by Crippen LogP contribution is 2.18. The number of carbonyl (C=O) groups is 3. The Kier molecular flexibility index (Phi) is 5.31. The number of esters is 1. The number of hydrogen-bond donors (Lipinski definition) is 3. The summed E-state index contributed by atoms with van der Waals surface area (Å²) in [5, 5.41) is 6.42. The van der Waals surface area contributed by atoms with Crippen LogP contribution < -0.4 is 10.6 Å². The van der Waals surface area contributed by atoms with Gasteiger partial charge in [-0.15, -0.1) is 0 Å². The lowest BCUT2D eigenvalue weighted by atomic mass is 10.0. The van der Waals surface area contributed by atoms with Gasteiger partial charge in [0.05, 0.1) is 18.5 Å². The highest BCUT2D eigenvalue weighted by Gasteiger charge is 2.34. The first-order valence-corrected chi connectivity index (χ1v) is 9.16. The molecule has 0 radical (unpaired) electrons. The van der Waals surface area contributed by atoms with E-state index in [2.05, 4.69) is 15.6 Å². The third-order valence-corrected chi connectivity index (χ3v) is 4.34. The van der Waals surface area contributed by atoms with E-state index in [4.69, 9.17) is 9.47 Å². The summed E-state index contributed by atoms with van der Waals surface area (Å²) in [4.78, 5) is 39.5. The van der Waals surface area contributed by atoms with Crippen LogP contribution in [0.2, 0.25) is 0 Å². The van der Waals surface area contributed by atoms with E-state index in [-0.39, 0.29) is 18.9 Å². The number of carbonyl (C=O) groups excluding carboxylic acids is 3. The lowest BCUT2D eigenvalue weighted by molar-refractivity contribution is -0.149. The summed E-state index contributed by atoms with van der Waals surface area (Å²) in [7, 11) is 0. The van der Waals surface area contributed by atoms with Crippen LogP contribution in [-0.4, -0.2) is 47.2 Å². The summed E-state index contributed by atoms with van der Waals surface area (Å²) in [5.41, 5.74) is 1.67. The Bertz CT molecular complexity index is 912. The number of rotatable bonds is 3. The molecule has 8 heteroatoms. The number of aryl methyl sites for hydroxylation is 1. The molecule has 8 nitrogen and oxygen atoms in total. The molecular formula is C20H25N3O5. The Morgan fingerprint density at radius 3 is 2.64 bits per heavy atom. The molecule has 2 atom stereocenters. The number of ether oxygens (including phenoxy) is 2. The fraction of sp³-hybridized carbons (Fsp3) is 0.450. The second-order valence-corrected chi connectivity index (χ2v) is 7.99. The van der Waals surface area contributed by atoms with E-state index in [0.717, 1.165) is 16.5 Å². The average molecular weight is 387 g/mol. The van der Waals surface area contributed by atoms with Gasteiger partial charge in [-0.2, -0.15) is 0 Å². The van der Waals surface area contributed by atoms with Crippen LogP contribution in [0.15, 0.2) is 24.3 Å². The molecule has 3 rings (SSSR count). The van der Waals surface area contributed by atoms with E-state index in [0.29, 0.717) is 5.69 Å². The van der Waals surface area contributed by atoms with Gasteiger partial charge in [-0.05, 0) is 45.9 Å². The largest absolute Gasteiger partial charge is 0.463 e. The van der Waals surface area contributed by atoms with Crippen LogP contribution in [0.5, 0.6) is 0 Å². The average Bonchev–Trinajstić information content (AvgIpc) is 2.99.